The molecule has 1 N–H and O–H groups in total. The second-order valence-electron chi connectivity index (χ2n) is 21.4. The second kappa shape index (κ2) is 17.5. The summed E-state index contributed by atoms with van der Waals surface area (Å²) >= 11 is 0. The first-order chi connectivity index (χ1) is 33.0. The molecule has 0 unspecified atom stereocenters. The van der Waals surface area contributed by atoms with Crippen LogP contribution in [0.1, 0.15) is 124 Å². The molecule has 3 aromatic carbocycles. The minimum atomic E-state index is -2.66. The first-order valence-corrected chi connectivity index (χ1v) is 24.5. The zero-order valence-corrected chi connectivity index (χ0v) is 40.8. The van der Waals surface area contributed by atoms with Crippen molar-refractivity contribution in [2.45, 2.75) is 117 Å². The number of anilines is 3. The molecule has 69 heavy (non-hydrogen) atoms. The van der Waals surface area contributed by atoms with E-state index in [-0.39, 0.29) is 51.8 Å². The number of rotatable bonds is 10. The molecule has 5 aromatic rings. The third-order valence-electron chi connectivity index (χ3n) is 16.3. The maximum atomic E-state index is 14.8. The molecule has 2 aliphatic carbocycles. The average molecular weight is 940 g/mol. The highest BCUT2D eigenvalue weighted by molar-refractivity contribution is 5.95. The number of methoxy groups -OCH3 is 1. The van der Waals surface area contributed by atoms with Gasteiger partial charge in [0.05, 0.1) is 31.5 Å². The fourth-order valence-corrected chi connectivity index (χ4v) is 12.9. The van der Waals surface area contributed by atoms with Crippen LogP contribution in [0.5, 0.6) is 11.5 Å². The molecule has 0 bridgehead atoms. The third-order valence-corrected chi connectivity index (χ3v) is 16.3. The van der Waals surface area contributed by atoms with E-state index in [0.717, 1.165) is 92.0 Å². The number of amides is 2. The Labute approximate surface area is 403 Å². The van der Waals surface area contributed by atoms with E-state index >= 15 is 0 Å². The zero-order valence-electron chi connectivity index (χ0n) is 40.8. The monoisotopic (exact) mass is 939 g/mol. The first kappa shape index (κ1) is 46.3. The van der Waals surface area contributed by atoms with Crippen molar-refractivity contribution in [1.82, 2.24) is 29.8 Å². The molecule has 3 fully saturated rings. The standard InChI is InChI=1S/C54H63F2N9O4/c1-33(66)62-23-18-44-43(31-62)48(64-22-8-9-35-25-41(37-29-58-61(6)30-37)42(47(55)56)27-45(35)64)60-65(44)39-16-19-54(20-17-39)21-24-63(32-54)38-13-10-34(11-14-38)49(67)59-50-52(2,3)51(53(50,4)5)69-40-15-12-36(28-57)46(26-40)68-7/h10-15,25-27,29-30,39,47,50-51H,8-9,16-24,31-32H2,1-7H3,(H,59,67). The Bertz CT molecular complexity index is 2820. The molecule has 0 atom stereocenters. The van der Waals surface area contributed by atoms with Crippen LogP contribution >= 0.6 is 0 Å². The summed E-state index contributed by atoms with van der Waals surface area (Å²) in [5.41, 5.74) is 6.78. The third kappa shape index (κ3) is 8.17. The van der Waals surface area contributed by atoms with E-state index in [9.17, 15) is 23.6 Å². The normalized spacial score (nSPS) is 21.4. The molecule has 10 rings (SSSR count). The van der Waals surface area contributed by atoms with Crippen LogP contribution in [0.3, 0.4) is 0 Å². The average Bonchev–Trinajstić information content (AvgIpc) is 4.08. The van der Waals surface area contributed by atoms with Gasteiger partial charge in [0.25, 0.3) is 12.3 Å². The maximum absolute atomic E-state index is 14.8. The van der Waals surface area contributed by atoms with Crippen LogP contribution in [0, 0.1) is 27.6 Å². The molecular formula is C54H63F2N9O4. The van der Waals surface area contributed by atoms with Gasteiger partial charge in [-0.3, -0.25) is 19.0 Å². The number of alkyl halides is 2. The van der Waals surface area contributed by atoms with E-state index in [1.165, 1.54) is 7.11 Å². The van der Waals surface area contributed by atoms with Crippen molar-refractivity contribution in [3.8, 4) is 28.7 Å². The Hall–Kier alpha value is -6.43. The van der Waals surface area contributed by atoms with Crippen LogP contribution in [0.2, 0.25) is 0 Å². The van der Waals surface area contributed by atoms with E-state index in [4.69, 9.17) is 14.6 Å². The van der Waals surface area contributed by atoms with Crippen molar-refractivity contribution in [2.24, 2.45) is 23.3 Å². The van der Waals surface area contributed by atoms with Gasteiger partial charge in [0.15, 0.2) is 5.82 Å². The number of aromatic nitrogens is 4. The zero-order chi connectivity index (χ0) is 48.6. The molecule has 13 nitrogen and oxygen atoms in total. The van der Waals surface area contributed by atoms with E-state index < -0.39 is 6.43 Å². The number of carbonyl (C=O) groups excluding carboxylic acids is 2. The SMILES string of the molecule is COc1cc(OC2C(C)(C)C(NC(=O)c3ccc(N4CCC5(CCC(n6nc(N7CCCc8cc(-c9cnn(C)c9)c(C(F)F)cc87)c7c6CCN(C(C)=O)C7)CC5)C4)cc3)C2(C)C)ccc1C#N. The lowest BCUT2D eigenvalue weighted by molar-refractivity contribution is -0.164. The molecular weight excluding hydrogens is 877 g/mol. The first-order valence-electron chi connectivity index (χ1n) is 24.5. The Morgan fingerprint density at radius 2 is 1.71 bits per heavy atom. The predicted octanol–water partition coefficient (Wildman–Crippen LogP) is 9.71. The van der Waals surface area contributed by atoms with E-state index in [1.54, 1.807) is 55.3 Å². The number of benzene rings is 3. The summed E-state index contributed by atoms with van der Waals surface area (Å²) in [7, 11) is 3.33. The molecule has 2 amide bonds. The number of nitrogens with zero attached hydrogens (tertiary/aromatic N) is 8. The van der Waals surface area contributed by atoms with Crippen LogP contribution < -0.4 is 24.6 Å². The fraction of sp³-hybridized carbons (Fsp3) is 0.500. The Morgan fingerprint density at radius 3 is 2.38 bits per heavy atom. The number of carbonyl (C=O) groups is 2. The molecule has 5 heterocycles. The van der Waals surface area contributed by atoms with Gasteiger partial charge in [-0.1, -0.05) is 27.7 Å². The van der Waals surface area contributed by atoms with Crippen molar-refractivity contribution < 1.29 is 27.8 Å². The molecule has 362 valence electrons. The molecule has 1 spiro atoms. The van der Waals surface area contributed by atoms with Crippen LogP contribution in [0.25, 0.3) is 11.1 Å². The number of fused-ring (bicyclic) bond motifs is 2. The number of ether oxygens (including phenoxy) is 2. The Kier molecular flexibility index (Phi) is 11.8. The number of hydrogen-bond acceptors (Lipinski definition) is 9. The van der Waals surface area contributed by atoms with Crippen molar-refractivity contribution in [1.29, 1.82) is 5.26 Å². The summed E-state index contributed by atoms with van der Waals surface area (Å²) in [4.78, 5) is 33.0. The van der Waals surface area contributed by atoms with Gasteiger partial charge in [0.1, 0.15) is 23.7 Å². The van der Waals surface area contributed by atoms with Crippen molar-refractivity contribution in [3.05, 3.63) is 101 Å². The number of nitriles is 1. The number of aryl methyl sites for hydroxylation is 2. The minimum Gasteiger partial charge on any atom is -0.495 e. The van der Waals surface area contributed by atoms with Crippen molar-refractivity contribution >= 4 is 29.0 Å². The molecule has 2 saturated carbocycles. The van der Waals surface area contributed by atoms with Gasteiger partial charge in [0, 0.05) is 115 Å². The molecule has 2 aromatic heterocycles. The number of halogens is 2. The lowest BCUT2D eigenvalue weighted by atomic mass is 9.49. The van der Waals surface area contributed by atoms with Crippen molar-refractivity contribution in [3.63, 3.8) is 0 Å². The largest absolute Gasteiger partial charge is 0.495 e. The van der Waals surface area contributed by atoms with Crippen molar-refractivity contribution in [2.75, 3.05) is 43.1 Å². The Morgan fingerprint density at radius 1 is 0.957 bits per heavy atom. The van der Waals surface area contributed by atoms with E-state index in [0.29, 0.717) is 59.8 Å². The van der Waals surface area contributed by atoms with Crippen LogP contribution in [-0.4, -0.2) is 81.7 Å². The molecule has 0 radical (unpaired) electrons. The van der Waals surface area contributed by atoms with E-state index in [2.05, 4.69) is 70.8 Å². The highest BCUT2D eigenvalue weighted by Crippen LogP contribution is 2.56. The summed E-state index contributed by atoms with van der Waals surface area (Å²) in [5.74, 6) is 1.78. The molecule has 5 aliphatic rings. The smallest absolute Gasteiger partial charge is 0.264 e. The second-order valence-corrected chi connectivity index (χ2v) is 21.4. The lowest BCUT2D eigenvalue weighted by Gasteiger charge is -2.63. The van der Waals surface area contributed by atoms with Gasteiger partial charge < -0.3 is 29.5 Å². The topological polar surface area (TPSA) is 134 Å². The van der Waals surface area contributed by atoms with Gasteiger partial charge in [-0.15, -0.1) is 0 Å². The minimum absolute atomic E-state index is 0.0146. The highest BCUT2D eigenvalue weighted by Gasteiger charge is 2.64. The number of nitrogens with one attached hydrogen (secondary N) is 1. The van der Waals surface area contributed by atoms with E-state index in [1.807, 2.05) is 23.1 Å². The Balaban J connectivity index is 0.810. The van der Waals surface area contributed by atoms with Gasteiger partial charge >= 0.3 is 0 Å². The lowest BCUT2D eigenvalue weighted by Crippen LogP contribution is -2.74. The summed E-state index contributed by atoms with van der Waals surface area (Å²) in [6.07, 6.45) is 8.11. The van der Waals surface area contributed by atoms with Crippen LogP contribution in [-0.2, 0) is 31.2 Å². The summed E-state index contributed by atoms with van der Waals surface area (Å²) in [6.45, 7) is 13.7. The summed E-state index contributed by atoms with van der Waals surface area (Å²) < 4.78 is 45.4. The summed E-state index contributed by atoms with van der Waals surface area (Å²) in [5, 5.41) is 22.4. The van der Waals surface area contributed by atoms with Gasteiger partial charge in [-0.2, -0.15) is 15.5 Å². The summed E-state index contributed by atoms with van der Waals surface area (Å²) in [6, 6.07) is 19.0. The molecule has 3 aliphatic heterocycles. The van der Waals surface area contributed by atoms with Crippen LogP contribution in [0.4, 0.5) is 26.0 Å². The molecule has 1 saturated heterocycles. The fourth-order valence-electron chi connectivity index (χ4n) is 12.9. The number of hydrogen-bond donors (Lipinski definition) is 1. The molecule has 15 heteroatoms. The quantitative estimate of drug-likeness (QED) is 0.145. The van der Waals surface area contributed by atoms with Crippen LogP contribution in [0.15, 0.2) is 67.0 Å². The van der Waals surface area contributed by atoms with Gasteiger partial charge in [-0.25, -0.2) is 8.78 Å². The predicted molar refractivity (Wildman–Crippen MR) is 260 cm³/mol. The highest BCUT2D eigenvalue weighted by atomic mass is 19.3. The van der Waals surface area contributed by atoms with Gasteiger partial charge in [-0.05, 0) is 110 Å². The maximum Gasteiger partial charge on any atom is 0.264 e. The van der Waals surface area contributed by atoms with Gasteiger partial charge in [0.2, 0.25) is 5.91 Å².